The first-order chi connectivity index (χ1) is 11.0. The zero-order valence-electron chi connectivity index (χ0n) is 14.3. The molecule has 1 fully saturated rings. The van der Waals surface area contributed by atoms with Crippen molar-refractivity contribution in [1.29, 1.82) is 0 Å². The fraction of sp³-hybridized carbons (Fsp3) is 0.588. The second-order valence-electron chi connectivity index (χ2n) is 5.92. The summed E-state index contributed by atoms with van der Waals surface area (Å²) >= 11 is 0. The van der Waals surface area contributed by atoms with Crippen LogP contribution in [0.4, 0.5) is 0 Å². The highest BCUT2D eigenvalue weighted by Gasteiger charge is 2.23. The molecule has 1 saturated heterocycles. The van der Waals surface area contributed by atoms with Crippen LogP contribution in [0.3, 0.4) is 0 Å². The first-order valence-electron chi connectivity index (χ1n) is 7.87. The van der Waals surface area contributed by atoms with Crippen LogP contribution in [0.5, 0.6) is 11.5 Å². The summed E-state index contributed by atoms with van der Waals surface area (Å²) < 4.78 is 16.2. The van der Waals surface area contributed by atoms with Crippen LogP contribution in [-0.2, 0) is 16.1 Å². The molecule has 0 radical (unpaired) electrons. The summed E-state index contributed by atoms with van der Waals surface area (Å²) in [6.07, 6.45) is 0.329. The molecule has 0 spiro atoms. The standard InChI is InChI=1S/C17H26N2O4/c1-12-9-19(10-13(2)23-12)11-17(20)18-8-14-5-6-15(21-3)16(7-14)22-4/h5-7,12-13H,8-11H2,1-4H3,(H,18,20)/t12-,13+. The molecule has 0 aromatic heterocycles. The van der Waals surface area contributed by atoms with Crippen molar-refractivity contribution in [1.82, 2.24) is 10.2 Å². The van der Waals surface area contributed by atoms with Crippen molar-refractivity contribution in [3.05, 3.63) is 23.8 Å². The molecule has 23 heavy (non-hydrogen) atoms. The number of methoxy groups -OCH3 is 2. The number of benzene rings is 1. The van der Waals surface area contributed by atoms with Gasteiger partial charge in [0.25, 0.3) is 0 Å². The number of ether oxygens (including phenoxy) is 3. The Morgan fingerprint density at radius 1 is 1.22 bits per heavy atom. The van der Waals surface area contributed by atoms with Crippen LogP contribution in [0.1, 0.15) is 19.4 Å². The van der Waals surface area contributed by atoms with Gasteiger partial charge in [-0.2, -0.15) is 0 Å². The first kappa shape index (κ1) is 17.6. The maximum atomic E-state index is 12.1. The second kappa shape index (κ2) is 8.17. The monoisotopic (exact) mass is 322 g/mol. The molecule has 128 valence electrons. The van der Waals surface area contributed by atoms with Crippen LogP contribution in [0.25, 0.3) is 0 Å². The van der Waals surface area contributed by atoms with E-state index >= 15 is 0 Å². The molecular weight excluding hydrogens is 296 g/mol. The van der Waals surface area contributed by atoms with Crippen LogP contribution in [-0.4, -0.2) is 56.9 Å². The van der Waals surface area contributed by atoms with E-state index in [9.17, 15) is 4.79 Å². The molecule has 1 aliphatic heterocycles. The van der Waals surface area contributed by atoms with Crippen molar-refractivity contribution in [2.24, 2.45) is 0 Å². The highest BCUT2D eigenvalue weighted by molar-refractivity contribution is 5.78. The Morgan fingerprint density at radius 3 is 2.48 bits per heavy atom. The average Bonchev–Trinajstić information content (AvgIpc) is 2.51. The minimum Gasteiger partial charge on any atom is -0.493 e. The number of morpholine rings is 1. The molecule has 2 atom stereocenters. The third-order valence-corrected chi connectivity index (χ3v) is 3.80. The number of carbonyl (C=O) groups excluding carboxylic acids is 1. The Kier molecular flexibility index (Phi) is 6.24. The van der Waals surface area contributed by atoms with Gasteiger partial charge >= 0.3 is 0 Å². The van der Waals surface area contributed by atoms with E-state index in [-0.39, 0.29) is 18.1 Å². The van der Waals surface area contributed by atoms with E-state index < -0.39 is 0 Å². The average molecular weight is 322 g/mol. The Bertz CT molecular complexity index is 525. The molecule has 0 bridgehead atoms. The van der Waals surface area contributed by atoms with Crippen molar-refractivity contribution in [2.75, 3.05) is 33.9 Å². The topological polar surface area (TPSA) is 60.0 Å². The first-order valence-corrected chi connectivity index (χ1v) is 7.87. The van der Waals surface area contributed by atoms with Gasteiger partial charge in [-0.05, 0) is 31.5 Å². The largest absolute Gasteiger partial charge is 0.493 e. The lowest BCUT2D eigenvalue weighted by Crippen LogP contribution is -2.49. The molecule has 1 aliphatic rings. The van der Waals surface area contributed by atoms with Gasteiger partial charge in [-0.25, -0.2) is 0 Å². The summed E-state index contributed by atoms with van der Waals surface area (Å²) in [6, 6.07) is 5.63. The summed E-state index contributed by atoms with van der Waals surface area (Å²) in [5.41, 5.74) is 0.972. The molecule has 6 heteroatoms. The summed E-state index contributed by atoms with van der Waals surface area (Å²) in [4.78, 5) is 14.3. The second-order valence-corrected chi connectivity index (χ2v) is 5.92. The highest BCUT2D eigenvalue weighted by Crippen LogP contribution is 2.27. The van der Waals surface area contributed by atoms with E-state index in [0.717, 1.165) is 18.7 Å². The van der Waals surface area contributed by atoms with Crippen LogP contribution >= 0.6 is 0 Å². The van der Waals surface area contributed by atoms with Crippen LogP contribution in [0.15, 0.2) is 18.2 Å². The van der Waals surface area contributed by atoms with Gasteiger partial charge in [-0.1, -0.05) is 6.07 Å². The minimum absolute atomic E-state index is 0.0149. The zero-order chi connectivity index (χ0) is 16.8. The predicted molar refractivity (Wildman–Crippen MR) is 87.8 cm³/mol. The lowest BCUT2D eigenvalue weighted by atomic mass is 10.2. The van der Waals surface area contributed by atoms with Gasteiger partial charge in [0.2, 0.25) is 5.91 Å². The van der Waals surface area contributed by atoms with E-state index in [2.05, 4.69) is 10.2 Å². The van der Waals surface area contributed by atoms with Gasteiger partial charge in [0.05, 0.1) is 33.0 Å². The Morgan fingerprint density at radius 2 is 1.87 bits per heavy atom. The Balaban J connectivity index is 1.84. The number of nitrogens with one attached hydrogen (secondary N) is 1. The third-order valence-electron chi connectivity index (χ3n) is 3.80. The molecule has 1 N–H and O–H groups in total. The number of amides is 1. The maximum Gasteiger partial charge on any atom is 0.234 e. The number of hydrogen-bond acceptors (Lipinski definition) is 5. The highest BCUT2D eigenvalue weighted by atomic mass is 16.5. The molecule has 6 nitrogen and oxygen atoms in total. The lowest BCUT2D eigenvalue weighted by molar-refractivity contribution is -0.126. The summed E-state index contributed by atoms with van der Waals surface area (Å²) in [6.45, 7) is 6.50. The Hall–Kier alpha value is -1.79. The van der Waals surface area contributed by atoms with Gasteiger partial charge < -0.3 is 19.5 Å². The van der Waals surface area contributed by atoms with E-state index in [0.29, 0.717) is 24.6 Å². The molecule has 2 rings (SSSR count). The molecule has 1 aromatic carbocycles. The fourth-order valence-corrected chi connectivity index (χ4v) is 2.86. The molecular formula is C17H26N2O4. The number of carbonyl (C=O) groups is 1. The molecule has 1 aromatic rings. The van der Waals surface area contributed by atoms with E-state index in [4.69, 9.17) is 14.2 Å². The summed E-state index contributed by atoms with van der Waals surface area (Å²) in [5.74, 6) is 1.36. The molecule has 0 aliphatic carbocycles. The number of hydrogen-bond donors (Lipinski definition) is 1. The normalized spacial score (nSPS) is 21.7. The number of nitrogens with zero attached hydrogens (tertiary/aromatic N) is 1. The van der Waals surface area contributed by atoms with Crippen molar-refractivity contribution in [2.45, 2.75) is 32.6 Å². The molecule has 1 amide bonds. The van der Waals surface area contributed by atoms with Gasteiger partial charge in [0, 0.05) is 19.6 Å². The third kappa shape index (κ3) is 5.11. The van der Waals surface area contributed by atoms with Crippen molar-refractivity contribution in [3.63, 3.8) is 0 Å². The quantitative estimate of drug-likeness (QED) is 0.858. The summed E-state index contributed by atoms with van der Waals surface area (Å²) in [7, 11) is 3.20. The summed E-state index contributed by atoms with van der Waals surface area (Å²) in [5, 5.41) is 2.95. The molecule has 0 saturated carbocycles. The smallest absolute Gasteiger partial charge is 0.234 e. The Labute approximate surface area is 137 Å². The predicted octanol–water partition coefficient (Wildman–Crippen LogP) is 1.43. The lowest BCUT2D eigenvalue weighted by Gasteiger charge is -2.34. The maximum absolute atomic E-state index is 12.1. The molecule has 0 unspecified atom stereocenters. The number of rotatable bonds is 6. The van der Waals surface area contributed by atoms with E-state index in [1.807, 2.05) is 32.0 Å². The zero-order valence-corrected chi connectivity index (χ0v) is 14.3. The fourth-order valence-electron chi connectivity index (χ4n) is 2.86. The minimum atomic E-state index is 0.0149. The van der Waals surface area contributed by atoms with Crippen molar-refractivity contribution < 1.29 is 19.0 Å². The SMILES string of the molecule is COc1ccc(CNC(=O)CN2C[C@@H](C)O[C@@H](C)C2)cc1OC. The van der Waals surface area contributed by atoms with Crippen molar-refractivity contribution >= 4 is 5.91 Å². The van der Waals surface area contributed by atoms with E-state index in [1.54, 1.807) is 14.2 Å². The molecule has 1 heterocycles. The van der Waals surface area contributed by atoms with E-state index in [1.165, 1.54) is 0 Å². The van der Waals surface area contributed by atoms with Gasteiger partial charge in [0.1, 0.15) is 0 Å². The van der Waals surface area contributed by atoms with Crippen LogP contribution in [0, 0.1) is 0 Å². The van der Waals surface area contributed by atoms with Gasteiger partial charge in [-0.15, -0.1) is 0 Å². The van der Waals surface area contributed by atoms with Crippen LogP contribution in [0.2, 0.25) is 0 Å². The van der Waals surface area contributed by atoms with Crippen LogP contribution < -0.4 is 14.8 Å². The van der Waals surface area contributed by atoms with Crippen molar-refractivity contribution in [3.8, 4) is 11.5 Å². The van der Waals surface area contributed by atoms with Gasteiger partial charge in [-0.3, -0.25) is 9.69 Å². The van der Waals surface area contributed by atoms with Gasteiger partial charge in [0.15, 0.2) is 11.5 Å².